The number of carbonyl (C=O) groups is 1. The first-order valence-corrected chi connectivity index (χ1v) is 7.56. The quantitative estimate of drug-likeness (QED) is 0.847. The molecule has 1 N–H and O–H groups in total. The monoisotopic (exact) mass is 320 g/mol. The molecule has 1 aromatic heterocycles. The van der Waals surface area contributed by atoms with Crippen LogP contribution in [0.5, 0.6) is 0 Å². The van der Waals surface area contributed by atoms with Crippen molar-refractivity contribution in [3.05, 3.63) is 22.4 Å². The predicted molar refractivity (Wildman–Crippen MR) is 70.7 cm³/mol. The van der Waals surface area contributed by atoms with Crippen LogP contribution in [-0.4, -0.2) is 42.3 Å². The summed E-state index contributed by atoms with van der Waals surface area (Å²) >= 11 is 1.52. The summed E-state index contributed by atoms with van der Waals surface area (Å²) in [5.41, 5.74) is -0.487. The first-order valence-electron chi connectivity index (χ1n) is 6.68. The van der Waals surface area contributed by atoms with Crippen molar-refractivity contribution >= 4 is 17.2 Å². The maximum Gasteiger partial charge on any atom is 0.411 e. The van der Waals surface area contributed by atoms with Gasteiger partial charge in [0.25, 0.3) is 0 Å². The molecule has 0 radical (unpaired) electrons. The highest BCUT2D eigenvalue weighted by molar-refractivity contribution is 7.10. The van der Waals surface area contributed by atoms with Crippen LogP contribution in [0.1, 0.15) is 23.9 Å². The van der Waals surface area contributed by atoms with Gasteiger partial charge in [-0.15, -0.1) is 11.3 Å². The molecule has 3 rings (SSSR count). The number of alkyl halides is 3. The Balaban J connectivity index is 1.62. The minimum atomic E-state index is -4.34. The molecule has 1 aliphatic carbocycles. The fourth-order valence-electron chi connectivity index (χ4n) is 2.53. The normalized spacial score (nSPS) is 24.0. The summed E-state index contributed by atoms with van der Waals surface area (Å²) in [6.07, 6.45) is -3.02. The molecule has 1 amide bonds. The van der Waals surface area contributed by atoms with Crippen LogP contribution >= 0.6 is 11.3 Å². The molecule has 21 heavy (non-hydrogen) atoms. The number of rotatable bonds is 5. The average Bonchev–Trinajstić information content (AvgIpc) is 2.89. The zero-order valence-corrected chi connectivity index (χ0v) is 12.0. The number of nitrogens with one attached hydrogen (secondary N) is 1. The first kappa shape index (κ1) is 14.8. The minimum Gasteiger partial charge on any atom is -0.370 e. The summed E-state index contributed by atoms with van der Waals surface area (Å²) in [7, 11) is 0. The third-order valence-corrected chi connectivity index (χ3v) is 4.62. The molecule has 1 aliphatic heterocycles. The van der Waals surface area contributed by atoms with Crippen molar-refractivity contribution in [2.45, 2.75) is 30.7 Å². The summed E-state index contributed by atoms with van der Waals surface area (Å²) in [6, 6.07) is 3.81. The van der Waals surface area contributed by atoms with Gasteiger partial charge in [0, 0.05) is 11.4 Å². The Labute approximate surface area is 123 Å². The van der Waals surface area contributed by atoms with Gasteiger partial charge in [-0.3, -0.25) is 10.1 Å². The molecule has 1 aromatic rings. The second-order valence-corrected chi connectivity index (χ2v) is 6.29. The van der Waals surface area contributed by atoms with Crippen LogP contribution in [0.3, 0.4) is 0 Å². The first-order chi connectivity index (χ1) is 9.91. The van der Waals surface area contributed by atoms with Gasteiger partial charge < -0.3 is 9.64 Å². The van der Waals surface area contributed by atoms with Crippen LogP contribution in [0.15, 0.2) is 17.5 Å². The van der Waals surface area contributed by atoms with Gasteiger partial charge in [-0.25, -0.2) is 0 Å². The molecule has 116 valence electrons. The van der Waals surface area contributed by atoms with Crippen molar-refractivity contribution in [3.63, 3.8) is 0 Å². The fraction of sp³-hybridized carbons (Fsp3) is 0.615. The van der Waals surface area contributed by atoms with Crippen LogP contribution in [0.2, 0.25) is 0 Å². The summed E-state index contributed by atoms with van der Waals surface area (Å²) in [4.78, 5) is 15.0. The van der Waals surface area contributed by atoms with Crippen molar-refractivity contribution in [1.82, 2.24) is 10.2 Å². The van der Waals surface area contributed by atoms with E-state index in [1.165, 1.54) is 11.3 Å². The highest BCUT2D eigenvalue weighted by Gasteiger charge is 2.59. The third kappa shape index (κ3) is 3.07. The van der Waals surface area contributed by atoms with Gasteiger partial charge in [-0.05, 0) is 24.3 Å². The number of halogens is 3. The summed E-state index contributed by atoms with van der Waals surface area (Å²) in [6.45, 7) is -1.24. The number of hydrogen-bond acceptors (Lipinski definition) is 4. The van der Waals surface area contributed by atoms with Crippen molar-refractivity contribution in [3.8, 4) is 0 Å². The lowest BCUT2D eigenvalue weighted by Gasteiger charge is -2.23. The maximum atomic E-state index is 12.4. The lowest BCUT2D eigenvalue weighted by atomic mass is 10.3. The molecule has 0 bridgehead atoms. The van der Waals surface area contributed by atoms with Gasteiger partial charge in [0.2, 0.25) is 5.91 Å². The number of amides is 1. The van der Waals surface area contributed by atoms with Gasteiger partial charge in [-0.2, -0.15) is 13.2 Å². The van der Waals surface area contributed by atoms with Crippen LogP contribution in [-0.2, 0) is 9.53 Å². The Morgan fingerprint density at radius 3 is 2.81 bits per heavy atom. The molecule has 0 aromatic carbocycles. The summed E-state index contributed by atoms with van der Waals surface area (Å²) in [5, 5.41) is 5.22. The lowest BCUT2D eigenvalue weighted by molar-refractivity contribution is -0.175. The molecular formula is C13H15F3N2O2S. The van der Waals surface area contributed by atoms with E-state index in [9.17, 15) is 18.0 Å². The van der Waals surface area contributed by atoms with E-state index in [-0.39, 0.29) is 25.2 Å². The van der Waals surface area contributed by atoms with E-state index in [1.807, 2.05) is 17.5 Å². The Kier molecular flexibility index (Phi) is 3.71. The number of thiophene rings is 1. The summed E-state index contributed by atoms with van der Waals surface area (Å²) in [5.74, 6) is -0.0310. The Hall–Kier alpha value is -1.12. The molecule has 2 heterocycles. The van der Waals surface area contributed by atoms with Crippen molar-refractivity contribution < 1.29 is 22.7 Å². The summed E-state index contributed by atoms with van der Waals surface area (Å²) < 4.78 is 40.8. The van der Waals surface area contributed by atoms with Crippen LogP contribution in [0.4, 0.5) is 13.2 Å². The maximum absolute atomic E-state index is 12.4. The largest absolute Gasteiger partial charge is 0.411 e. The number of ether oxygens (including phenoxy) is 1. The van der Waals surface area contributed by atoms with E-state index in [0.717, 1.165) is 17.7 Å². The molecule has 1 saturated carbocycles. The van der Waals surface area contributed by atoms with Crippen molar-refractivity contribution in [2.24, 2.45) is 0 Å². The van der Waals surface area contributed by atoms with E-state index in [0.29, 0.717) is 0 Å². The molecule has 1 saturated heterocycles. The molecule has 8 heteroatoms. The molecule has 1 spiro atoms. The highest BCUT2D eigenvalue weighted by atomic mass is 32.1. The smallest absolute Gasteiger partial charge is 0.370 e. The predicted octanol–water partition coefficient (Wildman–Crippen LogP) is 2.29. The lowest BCUT2D eigenvalue weighted by Crippen LogP contribution is -2.35. The average molecular weight is 320 g/mol. The Morgan fingerprint density at radius 2 is 2.24 bits per heavy atom. The van der Waals surface area contributed by atoms with Crippen LogP contribution < -0.4 is 5.32 Å². The Bertz CT molecular complexity index is 514. The van der Waals surface area contributed by atoms with Gasteiger partial charge in [-0.1, -0.05) is 6.07 Å². The molecule has 2 aliphatic rings. The van der Waals surface area contributed by atoms with Crippen molar-refractivity contribution in [2.75, 3.05) is 19.8 Å². The number of hydrogen-bond donors (Lipinski definition) is 1. The number of nitrogens with zero attached hydrogens (tertiary/aromatic N) is 1. The molecule has 1 atom stereocenters. The van der Waals surface area contributed by atoms with E-state index in [4.69, 9.17) is 0 Å². The van der Waals surface area contributed by atoms with E-state index in [1.54, 1.807) is 4.90 Å². The van der Waals surface area contributed by atoms with Gasteiger partial charge in [0.15, 0.2) is 0 Å². The fourth-order valence-corrected chi connectivity index (χ4v) is 3.32. The molecular weight excluding hydrogens is 305 g/mol. The van der Waals surface area contributed by atoms with E-state index in [2.05, 4.69) is 10.1 Å². The van der Waals surface area contributed by atoms with Gasteiger partial charge in [0.05, 0.1) is 6.61 Å². The number of carbonyl (C=O) groups excluding carboxylic acids is 1. The molecule has 2 fully saturated rings. The zero-order chi connectivity index (χ0) is 15.1. The van der Waals surface area contributed by atoms with Gasteiger partial charge >= 0.3 is 6.18 Å². The van der Waals surface area contributed by atoms with Crippen LogP contribution in [0, 0.1) is 0 Å². The van der Waals surface area contributed by atoms with Crippen LogP contribution in [0.25, 0.3) is 0 Å². The second-order valence-electron chi connectivity index (χ2n) is 5.31. The van der Waals surface area contributed by atoms with E-state index >= 15 is 0 Å². The van der Waals surface area contributed by atoms with Crippen molar-refractivity contribution in [1.29, 1.82) is 0 Å². The zero-order valence-electron chi connectivity index (χ0n) is 11.2. The van der Waals surface area contributed by atoms with E-state index < -0.39 is 18.3 Å². The topological polar surface area (TPSA) is 41.6 Å². The third-order valence-electron chi connectivity index (χ3n) is 3.70. The standard InChI is InChI=1S/C13H15F3N2O2S/c14-13(15,16)8-20-6-5-18-10(9-2-1-7-21-9)17-12(3-4-12)11(18)19/h1-2,7,10,17H,3-6,8H2. The Morgan fingerprint density at radius 1 is 1.48 bits per heavy atom. The van der Waals surface area contributed by atoms with Gasteiger partial charge in [0.1, 0.15) is 18.3 Å². The SMILES string of the molecule is O=C1N(CCOCC(F)(F)F)C(c2cccs2)NC12CC2. The molecule has 4 nitrogen and oxygen atoms in total. The highest BCUT2D eigenvalue weighted by Crippen LogP contribution is 2.46. The molecule has 1 unspecified atom stereocenters. The second kappa shape index (κ2) is 5.26. The minimum absolute atomic E-state index is 0.0310.